The molecule has 2 aliphatic rings. The van der Waals surface area contributed by atoms with Gasteiger partial charge < -0.3 is 15.5 Å². The van der Waals surface area contributed by atoms with Gasteiger partial charge in [-0.2, -0.15) is 0 Å². The van der Waals surface area contributed by atoms with E-state index in [-0.39, 0.29) is 40.8 Å². The Morgan fingerprint density at radius 2 is 1.89 bits per heavy atom. The quantitative estimate of drug-likeness (QED) is 0.451. The van der Waals surface area contributed by atoms with Crippen LogP contribution in [0.4, 0.5) is 10.2 Å². The van der Waals surface area contributed by atoms with Crippen molar-refractivity contribution in [3.63, 3.8) is 0 Å². The largest absolute Gasteiger partial charge is 0.358 e. The molecule has 0 unspecified atom stereocenters. The van der Waals surface area contributed by atoms with Crippen LogP contribution in [0.25, 0.3) is 5.69 Å². The molecule has 2 heterocycles. The zero-order valence-corrected chi connectivity index (χ0v) is 21.4. The van der Waals surface area contributed by atoms with Crippen LogP contribution in [-0.4, -0.2) is 46.0 Å². The highest BCUT2D eigenvalue weighted by molar-refractivity contribution is 5.95. The monoisotopic (exact) mass is 503 g/mol. The smallest absolute Gasteiger partial charge is 0.297 e. The lowest BCUT2D eigenvalue weighted by atomic mass is 9.94. The number of likely N-dealkylation sites (tertiary alicyclic amines) is 1. The van der Waals surface area contributed by atoms with Crippen LogP contribution in [-0.2, 0) is 0 Å². The molecule has 7 nitrogen and oxygen atoms in total. The van der Waals surface area contributed by atoms with Crippen molar-refractivity contribution >= 4 is 11.7 Å². The van der Waals surface area contributed by atoms with Gasteiger partial charge in [0.05, 0.1) is 11.7 Å². The van der Waals surface area contributed by atoms with E-state index in [9.17, 15) is 14.0 Å². The molecule has 2 N–H and O–H groups in total. The Bertz CT molecular complexity index is 1320. The molecule has 37 heavy (non-hydrogen) atoms. The Morgan fingerprint density at radius 3 is 2.59 bits per heavy atom. The summed E-state index contributed by atoms with van der Waals surface area (Å²) in [6.45, 7) is 6.90. The summed E-state index contributed by atoms with van der Waals surface area (Å²) in [5.41, 5.74) is 1.51. The number of carbonyl (C=O) groups is 1. The highest BCUT2D eigenvalue weighted by atomic mass is 19.1. The standard InChI is InChI=1S/C29H34FN5O2/c1-19(18-34-13-6-7-14-34)26(21-8-4-3-5-9-21)33-27-29(37)35(15-12-31-27)25-17-22(16-24(30)20(25)2)28(36)32-23-10-11-23/h3-5,8-9,12,15-17,19,23,26H,6-7,10-11,13-14,18H2,1-2H3,(H,31,33)(H,32,36)/t19-,26-/m1/s1. The van der Waals surface area contributed by atoms with Crippen molar-refractivity contribution in [1.82, 2.24) is 19.8 Å². The van der Waals surface area contributed by atoms with Crippen LogP contribution >= 0.6 is 0 Å². The molecule has 194 valence electrons. The van der Waals surface area contributed by atoms with E-state index in [4.69, 9.17) is 0 Å². The van der Waals surface area contributed by atoms with E-state index < -0.39 is 5.82 Å². The molecule has 3 aromatic rings. The number of rotatable bonds is 9. The van der Waals surface area contributed by atoms with Crippen molar-refractivity contribution in [2.45, 2.75) is 51.6 Å². The van der Waals surface area contributed by atoms with Crippen molar-refractivity contribution in [2.75, 3.05) is 25.0 Å². The lowest BCUT2D eigenvalue weighted by Crippen LogP contribution is -2.33. The fourth-order valence-corrected chi connectivity index (χ4v) is 5.08. The van der Waals surface area contributed by atoms with Crippen LogP contribution in [0.15, 0.2) is 59.7 Å². The summed E-state index contributed by atoms with van der Waals surface area (Å²) < 4.78 is 16.2. The topological polar surface area (TPSA) is 79.3 Å². The molecule has 1 aliphatic heterocycles. The number of hydrogen-bond donors (Lipinski definition) is 2. The van der Waals surface area contributed by atoms with Gasteiger partial charge in [0.1, 0.15) is 5.82 Å². The van der Waals surface area contributed by atoms with E-state index in [0.29, 0.717) is 11.3 Å². The summed E-state index contributed by atoms with van der Waals surface area (Å²) in [6.07, 6.45) is 7.35. The zero-order chi connectivity index (χ0) is 25.9. The minimum atomic E-state index is -0.530. The van der Waals surface area contributed by atoms with Gasteiger partial charge in [-0.15, -0.1) is 0 Å². The van der Waals surface area contributed by atoms with Gasteiger partial charge in [0.2, 0.25) is 0 Å². The number of hydrogen-bond acceptors (Lipinski definition) is 5. The maximum atomic E-state index is 14.9. The molecule has 1 saturated heterocycles. The third kappa shape index (κ3) is 5.74. The fourth-order valence-electron chi connectivity index (χ4n) is 5.08. The average Bonchev–Trinajstić information content (AvgIpc) is 3.57. The molecule has 0 radical (unpaired) electrons. The number of anilines is 1. The van der Waals surface area contributed by atoms with Gasteiger partial charge in [-0.05, 0) is 69.3 Å². The summed E-state index contributed by atoms with van der Waals surface area (Å²) in [6, 6.07) is 12.9. The highest BCUT2D eigenvalue weighted by Crippen LogP contribution is 2.27. The number of amides is 1. The molecule has 2 atom stereocenters. The van der Waals surface area contributed by atoms with Crippen LogP contribution in [0.3, 0.4) is 0 Å². The maximum Gasteiger partial charge on any atom is 0.297 e. The fraction of sp³-hybridized carbons (Fsp3) is 0.414. The van der Waals surface area contributed by atoms with E-state index in [0.717, 1.165) is 38.0 Å². The van der Waals surface area contributed by atoms with E-state index in [1.807, 2.05) is 18.2 Å². The Hall–Kier alpha value is -3.52. The molecular weight excluding hydrogens is 469 g/mol. The summed E-state index contributed by atoms with van der Waals surface area (Å²) in [5, 5.41) is 6.30. The molecule has 1 amide bonds. The number of nitrogens with one attached hydrogen (secondary N) is 2. The predicted molar refractivity (Wildman–Crippen MR) is 143 cm³/mol. The Labute approximate surface area is 216 Å². The van der Waals surface area contributed by atoms with Gasteiger partial charge in [0.25, 0.3) is 11.5 Å². The van der Waals surface area contributed by atoms with Gasteiger partial charge in [-0.1, -0.05) is 37.3 Å². The molecule has 8 heteroatoms. The second-order valence-corrected chi connectivity index (χ2v) is 10.3. The van der Waals surface area contributed by atoms with Crippen LogP contribution in [0.1, 0.15) is 60.1 Å². The first-order valence-corrected chi connectivity index (χ1v) is 13.1. The number of aromatic nitrogens is 2. The molecule has 1 saturated carbocycles. The van der Waals surface area contributed by atoms with Crippen LogP contribution in [0.5, 0.6) is 0 Å². The van der Waals surface area contributed by atoms with Crippen molar-refractivity contribution < 1.29 is 9.18 Å². The van der Waals surface area contributed by atoms with Gasteiger partial charge in [0.15, 0.2) is 5.82 Å². The summed E-state index contributed by atoms with van der Waals surface area (Å²) in [7, 11) is 0. The Kier molecular flexibility index (Phi) is 7.37. The first-order chi connectivity index (χ1) is 17.9. The normalized spacial score (nSPS) is 17.4. The number of nitrogens with zero attached hydrogens (tertiary/aromatic N) is 3. The lowest BCUT2D eigenvalue weighted by Gasteiger charge is -2.29. The summed E-state index contributed by atoms with van der Waals surface area (Å²) in [5.74, 6) is -0.456. The van der Waals surface area contributed by atoms with Gasteiger partial charge >= 0.3 is 0 Å². The number of benzene rings is 2. The first-order valence-electron chi connectivity index (χ1n) is 13.1. The Morgan fingerprint density at radius 1 is 1.16 bits per heavy atom. The number of carbonyl (C=O) groups excluding carboxylic acids is 1. The number of halogens is 1. The highest BCUT2D eigenvalue weighted by Gasteiger charge is 2.26. The molecule has 0 spiro atoms. The maximum absolute atomic E-state index is 14.9. The lowest BCUT2D eigenvalue weighted by molar-refractivity contribution is 0.0950. The second-order valence-electron chi connectivity index (χ2n) is 10.3. The molecule has 5 rings (SSSR count). The molecule has 0 bridgehead atoms. The van der Waals surface area contributed by atoms with Gasteiger partial charge in [0, 0.05) is 36.1 Å². The molecule has 2 aromatic carbocycles. The summed E-state index contributed by atoms with van der Waals surface area (Å²) >= 11 is 0. The predicted octanol–water partition coefficient (Wildman–Crippen LogP) is 4.46. The third-order valence-corrected chi connectivity index (χ3v) is 7.36. The molecular formula is C29H34FN5O2. The molecule has 1 aliphatic carbocycles. The van der Waals surface area contributed by atoms with E-state index in [1.165, 1.54) is 35.9 Å². The molecule has 2 fully saturated rings. The van der Waals surface area contributed by atoms with Crippen molar-refractivity contribution in [3.8, 4) is 5.69 Å². The minimum absolute atomic E-state index is 0.133. The first kappa shape index (κ1) is 25.1. The van der Waals surface area contributed by atoms with E-state index in [2.05, 4.69) is 39.6 Å². The van der Waals surface area contributed by atoms with Crippen molar-refractivity contribution in [2.24, 2.45) is 5.92 Å². The van der Waals surface area contributed by atoms with Crippen LogP contribution < -0.4 is 16.2 Å². The third-order valence-electron chi connectivity index (χ3n) is 7.36. The zero-order valence-electron chi connectivity index (χ0n) is 21.4. The van der Waals surface area contributed by atoms with E-state index >= 15 is 0 Å². The minimum Gasteiger partial charge on any atom is -0.358 e. The van der Waals surface area contributed by atoms with Crippen molar-refractivity contribution in [1.29, 1.82) is 0 Å². The van der Waals surface area contributed by atoms with Gasteiger partial charge in [-0.3, -0.25) is 14.2 Å². The van der Waals surface area contributed by atoms with Crippen LogP contribution in [0, 0.1) is 18.7 Å². The van der Waals surface area contributed by atoms with Crippen LogP contribution in [0.2, 0.25) is 0 Å². The SMILES string of the molecule is Cc1c(F)cc(C(=O)NC2CC2)cc1-n1ccnc(N[C@@H](c2ccccc2)[C@H](C)CN2CCCC2)c1=O. The second kappa shape index (κ2) is 10.8. The molecule has 1 aromatic heterocycles. The van der Waals surface area contributed by atoms with Gasteiger partial charge in [-0.25, -0.2) is 9.37 Å². The van der Waals surface area contributed by atoms with E-state index in [1.54, 1.807) is 13.0 Å². The average molecular weight is 504 g/mol. The Balaban J connectivity index is 1.47. The summed E-state index contributed by atoms with van der Waals surface area (Å²) in [4.78, 5) is 33.1. The van der Waals surface area contributed by atoms with Crippen molar-refractivity contribution in [3.05, 3.63) is 87.7 Å².